The number of rotatable bonds is 4. The van der Waals surface area contributed by atoms with Crippen molar-refractivity contribution in [2.24, 2.45) is 0 Å². The first kappa shape index (κ1) is 23.2. The Morgan fingerprint density at radius 2 is 1.10 bits per heavy atom. The molecule has 0 aliphatic rings. The predicted octanol–water partition coefficient (Wildman–Crippen LogP) is 8.99. The van der Waals surface area contributed by atoms with Gasteiger partial charge in [-0.1, -0.05) is 103 Å². The smallest absolute Gasteiger partial charge is 0.164 e. The summed E-state index contributed by atoms with van der Waals surface area (Å²) < 4.78 is 6.11. The zero-order valence-corrected chi connectivity index (χ0v) is 21.9. The zero-order valence-electron chi connectivity index (χ0n) is 21.9. The monoisotopic (exact) mass is 526 g/mol. The van der Waals surface area contributed by atoms with Crippen molar-refractivity contribution in [3.63, 3.8) is 0 Å². The first-order valence-electron chi connectivity index (χ1n) is 13.5. The highest BCUT2D eigenvalue weighted by molar-refractivity contribution is 6.09. The standard InChI is InChI=1S/C36H22N4O/c1-2-8-23(9-3-1)25-15-18-26(19-16-25)34-38-35(28-20-17-24-10-4-5-11-27(24)22-28)40-36(39-34)29-12-6-13-30-32(29)33-31(41-30)14-7-21-37-33/h1-22H. The Labute approximate surface area is 235 Å². The van der Waals surface area contributed by atoms with Gasteiger partial charge in [0, 0.05) is 22.9 Å². The predicted molar refractivity (Wildman–Crippen MR) is 164 cm³/mol. The molecule has 0 aliphatic heterocycles. The Hall–Kier alpha value is -5.68. The number of furan rings is 1. The van der Waals surface area contributed by atoms with Gasteiger partial charge >= 0.3 is 0 Å². The molecule has 8 rings (SSSR count). The first-order chi connectivity index (χ1) is 20.3. The van der Waals surface area contributed by atoms with Gasteiger partial charge in [-0.25, -0.2) is 15.0 Å². The second-order valence-electron chi connectivity index (χ2n) is 9.94. The molecule has 5 nitrogen and oxygen atoms in total. The van der Waals surface area contributed by atoms with E-state index >= 15 is 0 Å². The highest BCUT2D eigenvalue weighted by atomic mass is 16.3. The van der Waals surface area contributed by atoms with E-state index in [0.29, 0.717) is 17.5 Å². The maximum absolute atomic E-state index is 6.11. The SMILES string of the molecule is c1ccc(-c2ccc(-c3nc(-c4ccc5ccccc5c4)nc(-c4cccc5oc6cccnc6c45)n3)cc2)cc1. The van der Waals surface area contributed by atoms with Crippen molar-refractivity contribution < 1.29 is 4.42 Å². The van der Waals surface area contributed by atoms with Crippen molar-refractivity contribution in [3.8, 4) is 45.3 Å². The van der Waals surface area contributed by atoms with Gasteiger partial charge in [0.05, 0.1) is 5.39 Å². The van der Waals surface area contributed by atoms with Crippen LogP contribution < -0.4 is 0 Å². The van der Waals surface area contributed by atoms with Crippen molar-refractivity contribution in [2.75, 3.05) is 0 Å². The Bertz CT molecular complexity index is 2200. The van der Waals surface area contributed by atoms with Crippen LogP contribution in [0.15, 0.2) is 138 Å². The van der Waals surface area contributed by atoms with E-state index in [1.165, 1.54) is 10.9 Å². The molecule has 0 N–H and O–H groups in total. The Morgan fingerprint density at radius 3 is 1.95 bits per heavy atom. The molecular weight excluding hydrogens is 504 g/mol. The number of fused-ring (bicyclic) bond motifs is 4. The summed E-state index contributed by atoms with van der Waals surface area (Å²) in [6.45, 7) is 0. The summed E-state index contributed by atoms with van der Waals surface area (Å²) in [5.41, 5.74) is 7.27. The molecule has 8 aromatic rings. The van der Waals surface area contributed by atoms with E-state index in [4.69, 9.17) is 19.4 Å². The maximum Gasteiger partial charge on any atom is 0.164 e. The van der Waals surface area contributed by atoms with Crippen LogP contribution in [0.3, 0.4) is 0 Å². The number of pyridine rings is 1. The van der Waals surface area contributed by atoms with Gasteiger partial charge in [-0.05, 0) is 46.2 Å². The van der Waals surface area contributed by atoms with Crippen LogP contribution in [0.2, 0.25) is 0 Å². The highest BCUT2D eigenvalue weighted by Crippen LogP contribution is 2.36. The van der Waals surface area contributed by atoms with Crippen molar-refractivity contribution >= 4 is 32.8 Å². The third kappa shape index (κ3) is 4.12. The lowest BCUT2D eigenvalue weighted by Gasteiger charge is -2.10. The molecule has 5 heteroatoms. The van der Waals surface area contributed by atoms with Crippen molar-refractivity contribution in [1.29, 1.82) is 0 Å². The van der Waals surface area contributed by atoms with Gasteiger partial charge in [0.1, 0.15) is 11.1 Å². The number of nitrogens with zero attached hydrogens (tertiary/aromatic N) is 4. The Morgan fingerprint density at radius 1 is 0.439 bits per heavy atom. The molecule has 0 unspecified atom stereocenters. The number of aromatic nitrogens is 4. The summed E-state index contributed by atoms with van der Waals surface area (Å²) in [5.74, 6) is 1.79. The number of hydrogen-bond donors (Lipinski definition) is 0. The molecule has 0 bridgehead atoms. The molecule has 0 saturated heterocycles. The van der Waals surface area contributed by atoms with E-state index in [1.807, 2.05) is 60.7 Å². The topological polar surface area (TPSA) is 64.7 Å². The minimum atomic E-state index is 0.573. The third-order valence-electron chi connectivity index (χ3n) is 7.39. The average Bonchev–Trinajstić information content (AvgIpc) is 3.44. The highest BCUT2D eigenvalue weighted by Gasteiger charge is 2.18. The van der Waals surface area contributed by atoms with Crippen molar-refractivity contribution in [2.45, 2.75) is 0 Å². The minimum absolute atomic E-state index is 0.573. The van der Waals surface area contributed by atoms with Crippen LogP contribution in [0.4, 0.5) is 0 Å². The quantitative estimate of drug-likeness (QED) is 0.229. The van der Waals surface area contributed by atoms with Crippen LogP contribution in [0.25, 0.3) is 78.1 Å². The molecule has 0 atom stereocenters. The summed E-state index contributed by atoms with van der Waals surface area (Å²) in [7, 11) is 0. The van der Waals surface area contributed by atoms with E-state index in [2.05, 4.69) is 71.7 Å². The molecular formula is C36H22N4O. The summed E-state index contributed by atoms with van der Waals surface area (Å²) >= 11 is 0. The second kappa shape index (κ2) is 9.50. The van der Waals surface area contributed by atoms with Gasteiger partial charge in [-0.3, -0.25) is 4.98 Å². The summed E-state index contributed by atoms with van der Waals surface area (Å²) in [6.07, 6.45) is 1.78. The van der Waals surface area contributed by atoms with Crippen LogP contribution in [-0.2, 0) is 0 Å². The third-order valence-corrected chi connectivity index (χ3v) is 7.39. The lowest BCUT2D eigenvalue weighted by atomic mass is 10.0. The maximum atomic E-state index is 6.11. The van der Waals surface area contributed by atoms with E-state index < -0.39 is 0 Å². The molecule has 3 heterocycles. The Kier molecular flexibility index (Phi) is 5.38. The molecule has 3 aromatic heterocycles. The largest absolute Gasteiger partial charge is 0.454 e. The molecule has 192 valence electrons. The molecule has 0 saturated carbocycles. The van der Waals surface area contributed by atoms with Crippen molar-refractivity contribution in [1.82, 2.24) is 19.9 Å². The molecule has 0 aliphatic carbocycles. The molecule has 41 heavy (non-hydrogen) atoms. The fraction of sp³-hybridized carbons (Fsp3) is 0. The summed E-state index contributed by atoms with van der Waals surface area (Å²) in [5, 5.41) is 3.19. The zero-order chi connectivity index (χ0) is 27.2. The normalized spacial score (nSPS) is 11.4. The van der Waals surface area contributed by atoms with Gasteiger partial charge in [0.2, 0.25) is 0 Å². The van der Waals surface area contributed by atoms with Crippen LogP contribution >= 0.6 is 0 Å². The van der Waals surface area contributed by atoms with E-state index in [0.717, 1.165) is 49.7 Å². The molecule has 0 amide bonds. The van der Waals surface area contributed by atoms with Gasteiger partial charge in [0.25, 0.3) is 0 Å². The second-order valence-corrected chi connectivity index (χ2v) is 9.94. The number of hydrogen-bond acceptors (Lipinski definition) is 5. The summed E-state index contributed by atoms with van der Waals surface area (Å²) in [6, 6.07) is 43.1. The van der Waals surface area contributed by atoms with Crippen LogP contribution in [0.1, 0.15) is 0 Å². The minimum Gasteiger partial charge on any atom is -0.454 e. The fourth-order valence-corrected chi connectivity index (χ4v) is 5.35. The lowest BCUT2D eigenvalue weighted by Crippen LogP contribution is -2.00. The van der Waals surface area contributed by atoms with E-state index in [-0.39, 0.29) is 0 Å². The molecule has 0 fully saturated rings. The summed E-state index contributed by atoms with van der Waals surface area (Å²) in [4.78, 5) is 19.6. The molecule has 5 aromatic carbocycles. The van der Waals surface area contributed by atoms with Gasteiger partial charge < -0.3 is 4.42 Å². The Balaban J connectivity index is 1.34. The van der Waals surface area contributed by atoms with Crippen molar-refractivity contribution in [3.05, 3.63) is 134 Å². The van der Waals surface area contributed by atoms with Gasteiger partial charge in [0.15, 0.2) is 23.1 Å². The van der Waals surface area contributed by atoms with E-state index in [1.54, 1.807) is 6.20 Å². The van der Waals surface area contributed by atoms with Crippen LogP contribution in [0, 0.1) is 0 Å². The van der Waals surface area contributed by atoms with Crippen LogP contribution in [0.5, 0.6) is 0 Å². The molecule has 0 spiro atoms. The number of benzene rings is 5. The first-order valence-corrected chi connectivity index (χ1v) is 13.5. The fourth-order valence-electron chi connectivity index (χ4n) is 5.35. The van der Waals surface area contributed by atoms with Gasteiger partial charge in [-0.15, -0.1) is 0 Å². The van der Waals surface area contributed by atoms with E-state index in [9.17, 15) is 0 Å². The average molecular weight is 527 g/mol. The lowest BCUT2D eigenvalue weighted by molar-refractivity contribution is 0.668. The van der Waals surface area contributed by atoms with Crippen LogP contribution in [-0.4, -0.2) is 19.9 Å². The van der Waals surface area contributed by atoms with Gasteiger partial charge in [-0.2, -0.15) is 0 Å². The molecule has 0 radical (unpaired) electrons.